The zero-order valence-corrected chi connectivity index (χ0v) is 42.3. The normalized spacial score (nSPS) is 14.2. The Morgan fingerprint density at radius 3 is 1.69 bits per heavy atom. The van der Waals surface area contributed by atoms with Gasteiger partial charge in [-0.25, -0.2) is 29.0 Å². The van der Waals surface area contributed by atoms with Crippen molar-refractivity contribution in [1.82, 2.24) is 4.98 Å². The quantitative estimate of drug-likeness (QED) is 0.00882. The van der Waals surface area contributed by atoms with Gasteiger partial charge < -0.3 is 42.6 Å². The van der Waals surface area contributed by atoms with E-state index in [0.717, 1.165) is 40.1 Å². The summed E-state index contributed by atoms with van der Waals surface area (Å²) in [6, 6.07) is 25.3. The molecule has 0 spiro atoms. The lowest BCUT2D eigenvalue weighted by Crippen LogP contribution is -2.31. The van der Waals surface area contributed by atoms with Crippen LogP contribution in [0.5, 0.6) is 17.2 Å². The summed E-state index contributed by atoms with van der Waals surface area (Å²) >= 11 is 1.41. The lowest BCUT2D eigenvalue weighted by atomic mass is 9.67. The second-order valence-corrected chi connectivity index (χ2v) is 17.5. The number of para-hydroxylation sites is 1. The molecule has 1 N–H and O–H groups in total. The number of thiazole rings is 1. The van der Waals surface area contributed by atoms with E-state index in [1.807, 2.05) is 30.3 Å². The molecule has 400 valence electrons. The molecule has 4 unspecified atom stereocenters. The summed E-state index contributed by atoms with van der Waals surface area (Å²) in [6.45, 7) is 11.6. The molecule has 1 aliphatic rings. The van der Waals surface area contributed by atoms with Gasteiger partial charge in [-0.15, -0.1) is 0 Å². The van der Waals surface area contributed by atoms with E-state index < -0.39 is 54.0 Å². The molecule has 4 aromatic carbocycles. The third-order valence-electron chi connectivity index (χ3n) is 11.2. The van der Waals surface area contributed by atoms with Crippen LogP contribution in [-0.2, 0) is 57.2 Å². The fraction of sp³-hybridized carbons (Fsp3) is 0.250. The molecule has 1 heterocycles. The van der Waals surface area contributed by atoms with Gasteiger partial charge in [-0.3, -0.25) is 19.8 Å². The molecule has 4 atom stereocenters. The first kappa shape index (κ1) is 57.0. The Kier molecular flexibility index (Phi) is 21.5. The number of hydrogen-bond acceptors (Lipinski definition) is 21. The molecule has 0 saturated heterocycles. The largest absolute Gasteiger partial charge is 0.490 e. The Labute approximate surface area is 445 Å². The van der Waals surface area contributed by atoms with Gasteiger partial charge in [-0.2, -0.15) is 5.10 Å². The van der Waals surface area contributed by atoms with Gasteiger partial charge in [0.15, 0.2) is 18.0 Å². The van der Waals surface area contributed by atoms with Crippen molar-refractivity contribution in [2.75, 3.05) is 45.1 Å². The van der Waals surface area contributed by atoms with Crippen LogP contribution in [0.1, 0.15) is 63.4 Å². The number of nitrogens with zero attached hydrogens (tertiary/aromatic N) is 2. The summed E-state index contributed by atoms with van der Waals surface area (Å²) in [4.78, 5) is 103. The molecule has 1 fully saturated rings. The van der Waals surface area contributed by atoms with Gasteiger partial charge in [0.05, 0.1) is 34.8 Å². The highest BCUT2D eigenvalue weighted by Gasteiger charge is 2.38. The highest BCUT2D eigenvalue weighted by Crippen LogP contribution is 2.45. The Morgan fingerprint density at radius 2 is 1.17 bits per heavy atom. The molecular weight excluding hydrogens is 1020 g/mol. The first-order valence-corrected chi connectivity index (χ1v) is 24.6. The Balaban J connectivity index is 1.11. The molecule has 1 saturated carbocycles. The zero-order chi connectivity index (χ0) is 55.1. The van der Waals surface area contributed by atoms with Gasteiger partial charge in [-0.1, -0.05) is 55.9 Å². The molecule has 5 aromatic rings. The molecule has 6 rings (SSSR count). The Bertz CT molecular complexity index is 2970. The molecule has 21 heteroatoms. The van der Waals surface area contributed by atoms with Crippen LogP contribution in [0.25, 0.3) is 10.2 Å². The van der Waals surface area contributed by atoms with Crippen LogP contribution in [0.15, 0.2) is 147 Å². The summed E-state index contributed by atoms with van der Waals surface area (Å²) in [5.74, 6) is -4.93. The first-order chi connectivity index (χ1) is 37.2. The van der Waals surface area contributed by atoms with Crippen LogP contribution in [0.3, 0.4) is 0 Å². The van der Waals surface area contributed by atoms with Crippen molar-refractivity contribution < 1.29 is 81.0 Å². The predicted octanol–water partition coefficient (Wildman–Crippen LogP) is 7.62. The summed E-state index contributed by atoms with van der Waals surface area (Å²) in [5, 5.41) is 4.97. The molecular formula is C56H53N3O17S. The fourth-order valence-corrected chi connectivity index (χ4v) is 8.03. The minimum Gasteiger partial charge on any atom is -0.490 e. The molecule has 0 radical (unpaired) electrons. The van der Waals surface area contributed by atoms with Crippen molar-refractivity contribution in [2.24, 2.45) is 11.0 Å². The number of Topliss-reactive ketones (excluding diaryl/α,β-unsaturated/α-hetero) is 1. The van der Waals surface area contributed by atoms with Crippen LogP contribution >= 0.6 is 11.3 Å². The van der Waals surface area contributed by atoms with Gasteiger partial charge in [0.2, 0.25) is 5.13 Å². The minimum absolute atomic E-state index is 0.0971. The third-order valence-corrected chi connectivity index (χ3v) is 12.2. The third kappa shape index (κ3) is 17.7. The van der Waals surface area contributed by atoms with Crippen LogP contribution < -0.4 is 19.6 Å². The van der Waals surface area contributed by atoms with Crippen LogP contribution in [-0.4, -0.2) is 111 Å². The van der Waals surface area contributed by atoms with Crippen molar-refractivity contribution in [3.63, 3.8) is 0 Å². The lowest BCUT2D eigenvalue weighted by Gasteiger charge is -2.36. The van der Waals surface area contributed by atoms with Crippen molar-refractivity contribution in [2.45, 2.75) is 43.8 Å². The number of anilines is 1. The van der Waals surface area contributed by atoms with Crippen molar-refractivity contribution >= 4 is 80.5 Å². The summed E-state index contributed by atoms with van der Waals surface area (Å²) in [7, 11) is 0. The monoisotopic (exact) mass is 1070 g/mol. The SMILES string of the molecule is C=CC(=O)OCCC(=O)OC(COC(=O)C=C)COc1ccc(C(=O)Oc2ccc(C3CCC3C(=O)c3ccc(OCC(COC(=O)C=C)OC(=O)CCOC(=O)C=C)cc3)cc2/C=N/Nc2nc3ccccc3s2)cc1. The standard InChI is InChI=1S/C56H53N3O17S/c1-5-48(60)68-27-25-52(64)74-41(33-72-50(62)7-3)31-70-39-18-13-35(14-19-39)54(66)44-23-22-43(44)37-17-24-46(38(29-37)30-57-59-56-58-45-11-9-10-12-47(45)77-56)76-55(67)36-15-20-40(21-16-36)71-32-42(34-73-51(63)8-4)75-53(65)26-28-69-49(61)6-2/h5-21,24,29-30,41-44H,1-4,22-23,25-28,31-34H2,(H,58,59)/b57-30+. The van der Waals surface area contributed by atoms with Gasteiger partial charge >= 0.3 is 41.8 Å². The van der Waals surface area contributed by atoms with Crippen molar-refractivity contribution in [3.8, 4) is 17.2 Å². The van der Waals surface area contributed by atoms with Crippen LogP contribution in [0.2, 0.25) is 0 Å². The lowest BCUT2D eigenvalue weighted by molar-refractivity contribution is -0.160. The van der Waals surface area contributed by atoms with E-state index in [4.69, 9.17) is 42.6 Å². The average Bonchev–Trinajstić information content (AvgIpc) is 3.86. The summed E-state index contributed by atoms with van der Waals surface area (Å²) < 4.78 is 49.0. The maximum Gasteiger partial charge on any atom is 0.343 e. The van der Waals surface area contributed by atoms with Crippen LogP contribution in [0.4, 0.5) is 5.13 Å². The number of carbonyl (C=O) groups excluding carboxylic acids is 8. The number of ketones is 1. The maximum absolute atomic E-state index is 14.0. The molecule has 20 nitrogen and oxygen atoms in total. The zero-order valence-electron chi connectivity index (χ0n) is 41.5. The number of fused-ring (bicyclic) bond motifs is 1. The second kappa shape index (κ2) is 29.0. The number of aromatic nitrogens is 1. The van der Waals surface area contributed by atoms with Gasteiger partial charge in [0, 0.05) is 41.3 Å². The number of rotatable bonds is 30. The number of benzene rings is 4. The second-order valence-electron chi connectivity index (χ2n) is 16.5. The summed E-state index contributed by atoms with van der Waals surface area (Å²) in [5.41, 5.74) is 5.59. The number of nitrogens with one attached hydrogen (secondary N) is 1. The van der Waals surface area contributed by atoms with E-state index in [0.29, 0.717) is 34.8 Å². The van der Waals surface area contributed by atoms with Crippen molar-refractivity contribution in [1.29, 1.82) is 0 Å². The van der Waals surface area contributed by atoms with Gasteiger partial charge in [0.1, 0.15) is 56.9 Å². The van der Waals surface area contributed by atoms with Crippen molar-refractivity contribution in [3.05, 3.63) is 164 Å². The number of esters is 7. The summed E-state index contributed by atoms with van der Waals surface area (Å²) in [6.07, 6.45) is 4.04. The molecule has 1 aromatic heterocycles. The minimum atomic E-state index is -1.05. The Morgan fingerprint density at radius 1 is 0.636 bits per heavy atom. The highest BCUT2D eigenvalue weighted by molar-refractivity contribution is 7.22. The molecule has 0 aliphatic heterocycles. The maximum atomic E-state index is 14.0. The highest BCUT2D eigenvalue weighted by atomic mass is 32.1. The van der Waals surface area contributed by atoms with E-state index in [9.17, 15) is 38.4 Å². The van der Waals surface area contributed by atoms with E-state index in [-0.39, 0.29) is 87.2 Å². The molecule has 0 amide bonds. The Hall–Kier alpha value is -9.24. The molecule has 1 aliphatic carbocycles. The van der Waals surface area contributed by atoms with E-state index in [1.165, 1.54) is 41.8 Å². The van der Waals surface area contributed by atoms with E-state index >= 15 is 0 Å². The number of hydrazone groups is 1. The van der Waals surface area contributed by atoms with Gasteiger partial charge in [0.25, 0.3) is 0 Å². The number of hydrogen-bond donors (Lipinski definition) is 1. The van der Waals surface area contributed by atoms with E-state index in [1.54, 1.807) is 36.4 Å². The van der Waals surface area contributed by atoms with Gasteiger partial charge in [-0.05, 0) is 97.1 Å². The first-order valence-electron chi connectivity index (χ1n) is 23.8. The van der Waals surface area contributed by atoms with Crippen LogP contribution in [0, 0.1) is 5.92 Å². The van der Waals surface area contributed by atoms with E-state index in [2.05, 4.69) is 41.8 Å². The molecule has 77 heavy (non-hydrogen) atoms. The molecule has 0 bridgehead atoms. The smallest absolute Gasteiger partial charge is 0.343 e. The number of ether oxygens (including phenoxy) is 9. The fourth-order valence-electron chi connectivity index (χ4n) is 7.21. The predicted molar refractivity (Wildman–Crippen MR) is 280 cm³/mol. The number of carbonyl (C=O) groups is 8. The average molecular weight is 1070 g/mol. The topological polar surface area (TPSA) is 257 Å².